The number of nitrogens with zero attached hydrogens (tertiary/aromatic N) is 1. The van der Waals surface area contributed by atoms with Gasteiger partial charge in [0.25, 0.3) is 5.92 Å². The molecule has 0 bridgehead atoms. The van der Waals surface area contributed by atoms with Gasteiger partial charge in [-0.1, -0.05) is 25.1 Å². The number of anilines is 1. The molecule has 1 aliphatic heterocycles. The van der Waals surface area contributed by atoms with Gasteiger partial charge in [-0.3, -0.25) is 4.90 Å². The molecule has 1 heterocycles. The van der Waals surface area contributed by atoms with Gasteiger partial charge in [0.05, 0.1) is 23.8 Å². The predicted molar refractivity (Wildman–Crippen MR) is 126 cm³/mol. The number of ether oxygens (including phenoxy) is 1. The van der Waals surface area contributed by atoms with Crippen molar-refractivity contribution >= 4 is 11.7 Å². The average molecular weight is 461 g/mol. The van der Waals surface area contributed by atoms with Crippen molar-refractivity contribution in [2.75, 3.05) is 25.5 Å². The summed E-state index contributed by atoms with van der Waals surface area (Å²) in [6, 6.07) is 8.64. The third-order valence-corrected chi connectivity index (χ3v) is 6.53. The second-order valence-electron chi connectivity index (χ2n) is 8.88. The molecule has 2 aromatic rings. The standard InChI is InChI=1S/C26H34F2N2O3/c1-6-20(33-7-2)13-22(18-8-10-19(11-9-18)25(31)32)30(5)14-21-16(3)12-17(4)24-23(21)26(27,28)15-29-24/h8-12,20,22,29H,6-7,13-15H2,1-5H3,(H,31,32)/t20-,22-/m0/s1. The van der Waals surface area contributed by atoms with E-state index >= 15 is 0 Å². The monoisotopic (exact) mass is 460 g/mol. The van der Waals surface area contributed by atoms with Gasteiger partial charge in [0, 0.05) is 24.9 Å². The summed E-state index contributed by atoms with van der Waals surface area (Å²) in [5.74, 6) is -3.90. The lowest BCUT2D eigenvalue weighted by Gasteiger charge is -2.33. The van der Waals surface area contributed by atoms with Crippen molar-refractivity contribution in [2.24, 2.45) is 0 Å². The Morgan fingerprint density at radius 1 is 1.21 bits per heavy atom. The first-order chi connectivity index (χ1) is 15.6. The minimum Gasteiger partial charge on any atom is -0.478 e. The van der Waals surface area contributed by atoms with E-state index in [1.807, 2.05) is 46.0 Å². The Hall–Kier alpha value is -2.51. The van der Waals surface area contributed by atoms with E-state index in [4.69, 9.17) is 4.74 Å². The van der Waals surface area contributed by atoms with Crippen LogP contribution < -0.4 is 5.32 Å². The van der Waals surface area contributed by atoms with E-state index in [0.717, 1.165) is 23.1 Å². The van der Waals surface area contributed by atoms with Crippen LogP contribution in [0.15, 0.2) is 30.3 Å². The third kappa shape index (κ3) is 5.36. The van der Waals surface area contributed by atoms with Crippen LogP contribution in [0.4, 0.5) is 14.5 Å². The molecule has 5 nitrogen and oxygen atoms in total. The summed E-state index contributed by atoms with van der Waals surface area (Å²) >= 11 is 0. The summed E-state index contributed by atoms with van der Waals surface area (Å²) in [7, 11) is 1.93. The number of benzene rings is 2. The molecule has 7 heteroatoms. The van der Waals surface area contributed by atoms with Crippen molar-refractivity contribution in [3.63, 3.8) is 0 Å². The largest absolute Gasteiger partial charge is 0.478 e. The molecule has 0 saturated carbocycles. The highest BCUT2D eigenvalue weighted by atomic mass is 19.3. The van der Waals surface area contributed by atoms with Crippen molar-refractivity contribution < 1.29 is 23.4 Å². The molecule has 0 aliphatic carbocycles. The fraction of sp³-hybridized carbons (Fsp3) is 0.500. The molecule has 0 saturated heterocycles. The topological polar surface area (TPSA) is 61.8 Å². The number of carboxylic acid groups (broad SMARTS) is 1. The first kappa shape index (κ1) is 25.1. The zero-order valence-corrected chi connectivity index (χ0v) is 20.0. The van der Waals surface area contributed by atoms with Crippen molar-refractivity contribution in [2.45, 2.75) is 65.1 Å². The smallest absolute Gasteiger partial charge is 0.335 e. The third-order valence-electron chi connectivity index (χ3n) is 6.53. The number of aromatic carboxylic acids is 1. The van der Waals surface area contributed by atoms with Crippen molar-refractivity contribution in [1.82, 2.24) is 4.90 Å². The maximum absolute atomic E-state index is 14.9. The van der Waals surface area contributed by atoms with Crippen molar-refractivity contribution in [3.8, 4) is 0 Å². The Morgan fingerprint density at radius 2 is 1.88 bits per heavy atom. The van der Waals surface area contributed by atoms with Crippen LogP contribution in [-0.4, -0.2) is 42.3 Å². The molecule has 180 valence electrons. The van der Waals surface area contributed by atoms with Crippen LogP contribution in [0.5, 0.6) is 0 Å². The van der Waals surface area contributed by atoms with Gasteiger partial charge in [-0.25, -0.2) is 4.79 Å². The van der Waals surface area contributed by atoms with Gasteiger partial charge in [0.15, 0.2) is 0 Å². The first-order valence-electron chi connectivity index (χ1n) is 11.5. The molecule has 0 spiro atoms. The number of hydrogen-bond donors (Lipinski definition) is 2. The van der Waals surface area contributed by atoms with Gasteiger partial charge < -0.3 is 15.2 Å². The van der Waals surface area contributed by atoms with Crippen LogP contribution in [0.2, 0.25) is 0 Å². The predicted octanol–water partition coefficient (Wildman–Crippen LogP) is 5.90. The van der Waals surface area contributed by atoms with Crippen LogP contribution in [0, 0.1) is 13.8 Å². The van der Waals surface area contributed by atoms with Crippen molar-refractivity contribution in [1.29, 1.82) is 0 Å². The Bertz CT molecular complexity index is 992. The Balaban J connectivity index is 1.98. The van der Waals surface area contributed by atoms with E-state index in [2.05, 4.69) is 17.1 Å². The molecular weight excluding hydrogens is 426 g/mol. The molecule has 2 N–H and O–H groups in total. The molecule has 0 amide bonds. The van der Waals surface area contributed by atoms with E-state index < -0.39 is 11.9 Å². The van der Waals surface area contributed by atoms with E-state index in [0.29, 0.717) is 30.8 Å². The maximum Gasteiger partial charge on any atom is 0.335 e. The van der Waals surface area contributed by atoms with E-state index in [1.165, 1.54) is 0 Å². The highest BCUT2D eigenvalue weighted by molar-refractivity contribution is 5.87. The summed E-state index contributed by atoms with van der Waals surface area (Å²) in [5, 5.41) is 12.1. The summed E-state index contributed by atoms with van der Waals surface area (Å²) in [4.78, 5) is 13.4. The fourth-order valence-corrected chi connectivity index (χ4v) is 4.77. The van der Waals surface area contributed by atoms with Gasteiger partial charge >= 0.3 is 5.97 Å². The summed E-state index contributed by atoms with van der Waals surface area (Å²) in [6.07, 6.45) is 1.51. The van der Waals surface area contributed by atoms with Gasteiger partial charge in [0.2, 0.25) is 0 Å². The number of carboxylic acids is 1. The molecular formula is C26H34F2N2O3. The molecule has 1 aliphatic rings. The van der Waals surface area contributed by atoms with Crippen LogP contribution in [0.3, 0.4) is 0 Å². The minimum absolute atomic E-state index is 0.00883. The lowest BCUT2D eigenvalue weighted by atomic mass is 9.92. The number of fused-ring (bicyclic) bond motifs is 1. The lowest BCUT2D eigenvalue weighted by Crippen LogP contribution is -2.30. The molecule has 0 unspecified atom stereocenters. The lowest BCUT2D eigenvalue weighted by molar-refractivity contribution is 0.0155. The second kappa shape index (κ2) is 10.2. The number of nitrogens with one attached hydrogen (secondary N) is 1. The zero-order chi connectivity index (χ0) is 24.3. The highest BCUT2D eigenvalue weighted by Gasteiger charge is 2.43. The van der Waals surface area contributed by atoms with Crippen LogP contribution >= 0.6 is 0 Å². The number of halogens is 2. The Morgan fingerprint density at radius 3 is 2.45 bits per heavy atom. The number of hydrogen-bond acceptors (Lipinski definition) is 4. The fourth-order valence-electron chi connectivity index (χ4n) is 4.77. The van der Waals surface area contributed by atoms with E-state index in [-0.39, 0.29) is 29.8 Å². The van der Waals surface area contributed by atoms with Gasteiger partial charge in [0.1, 0.15) is 0 Å². The molecule has 33 heavy (non-hydrogen) atoms. The maximum atomic E-state index is 14.9. The molecule has 2 atom stereocenters. The summed E-state index contributed by atoms with van der Waals surface area (Å²) in [5.41, 5.74) is 4.11. The van der Waals surface area contributed by atoms with Crippen LogP contribution in [-0.2, 0) is 17.2 Å². The Kier molecular flexibility index (Phi) is 7.75. The SMILES string of the molecule is CCO[C@@H](CC)C[C@@H](c1ccc(C(=O)O)cc1)N(C)Cc1c(C)cc(C)c2c1C(F)(F)CN2. The number of alkyl halides is 2. The molecule has 2 aromatic carbocycles. The van der Waals surface area contributed by atoms with Gasteiger partial charge in [-0.2, -0.15) is 8.78 Å². The van der Waals surface area contributed by atoms with Gasteiger partial charge in [-0.05, 0) is 75.0 Å². The Labute approximate surface area is 194 Å². The summed E-state index contributed by atoms with van der Waals surface area (Å²) in [6.45, 7) is 8.32. The number of aryl methyl sites for hydroxylation is 2. The van der Waals surface area contributed by atoms with Crippen LogP contribution in [0.25, 0.3) is 0 Å². The molecule has 0 fully saturated rings. The molecule has 0 aromatic heterocycles. The van der Waals surface area contributed by atoms with Crippen molar-refractivity contribution in [3.05, 3.63) is 63.7 Å². The quantitative estimate of drug-likeness (QED) is 0.462. The summed E-state index contributed by atoms with van der Waals surface area (Å²) < 4.78 is 35.6. The normalized spacial score (nSPS) is 16.4. The number of rotatable bonds is 10. The zero-order valence-electron chi connectivity index (χ0n) is 20.0. The molecule has 3 rings (SSSR count). The minimum atomic E-state index is -2.92. The van der Waals surface area contributed by atoms with Crippen LogP contribution in [0.1, 0.15) is 70.9 Å². The highest BCUT2D eigenvalue weighted by Crippen LogP contribution is 2.45. The van der Waals surface area contributed by atoms with E-state index in [1.54, 1.807) is 12.1 Å². The molecule has 0 radical (unpaired) electrons. The van der Waals surface area contributed by atoms with Gasteiger partial charge in [-0.15, -0.1) is 0 Å². The van der Waals surface area contributed by atoms with E-state index in [9.17, 15) is 18.7 Å². The average Bonchev–Trinajstić information content (AvgIpc) is 3.09. The number of carbonyl (C=O) groups is 1. The first-order valence-corrected chi connectivity index (χ1v) is 11.5. The second-order valence-corrected chi connectivity index (χ2v) is 8.88.